The Kier molecular flexibility index (Phi) is 3.33. The SMILES string of the molecule is Cc1c(C(=O)Nc2nccs2)cccc1[N+](=O)[O-]. The number of aromatic nitrogens is 1. The predicted octanol–water partition coefficient (Wildman–Crippen LogP) is 2.61. The van der Waals surface area contributed by atoms with Crippen molar-refractivity contribution in [2.45, 2.75) is 6.92 Å². The van der Waals surface area contributed by atoms with Crippen LogP contribution in [-0.2, 0) is 0 Å². The van der Waals surface area contributed by atoms with E-state index in [4.69, 9.17) is 0 Å². The molecule has 0 spiro atoms. The van der Waals surface area contributed by atoms with Gasteiger partial charge in [0.15, 0.2) is 5.13 Å². The summed E-state index contributed by atoms with van der Waals surface area (Å²) in [6.07, 6.45) is 1.57. The minimum absolute atomic E-state index is 0.0678. The Labute approximate surface area is 106 Å². The molecule has 0 bridgehead atoms. The standard InChI is InChI=1S/C11H9N3O3S/c1-7-8(3-2-4-9(7)14(16)17)10(15)13-11-12-5-6-18-11/h2-6H,1H3,(H,12,13,15). The van der Waals surface area contributed by atoms with Gasteiger partial charge in [-0.25, -0.2) is 4.98 Å². The first kappa shape index (κ1) is 12.2. The smallest absolute Gasteiger partial charge is 0.273 e. The molecule has 92 valence electrons. The number of hydrogen-bond acceptors (Lipinski definition) is 5. The van der Waals surface area contributed by atoms with Crippen molar-refractivity contribution >= 4 is 28.1 Å². The first-order chi connectivity index (χ1) is 8.59. The summed E-state index contributed by atoms with van der Waals surface area (Å²) in [5.74, 6) is -0.397. The largest absolute Gasteiger partial charge is 0.298 e. The maximum Gasteiger partial charge on any atom is 0.273 e. The molecule has 1 heterocycles. The molecule has 1 N–H and O–H groups in total. The summed E-state index contributed by atoms with van der Waals surface area (Å²) < 4.78 is 0. The number of nitro benzene ring substituents is 1. The molecule has 0 unspecified atom stereocenters. The molecule has 7 heteroatoms. The monoisotopic (exact) mass is 263 g/mol. The summed E-state index contributed by atoms with van der Waals surface area (Å²) in [4.78, 5) is 26.1. The second kappa shape index (κ2) is 4.92. The van der Waals surface area contributed by atoms with E-state index in [-0.39, 0.29) is 11.3 Å². The average Bonchev–Trinajstić information content (AvgIpc) is 2.81. The van der Waals surface area contributed by atoms with Gasteiger partial charge in [0.05, 0.1) is 4.92 Å². The van der Waals surface area contributed by atoms with Gasteiger partial charge in [0.1, 0.15) is 0 Å². The summed E-state index contributed by atoms with van der Waals surface area (Å²) in [6.45, 7) is 1.55. The molecule has 0 fully saturated rings. The van der Waals surface area contributed by atoms with Crippen molar-refractivity contribution in [1.82, 2.24) is 4.98 Å². The average molecular weight is 263 g/mol. The Bertz CT molecular complexity index is 596. The van der Waals surface area contributed by atoms with Gasteiger partial charge in [-0.3, -0.25) is 20.2 Å². The number of anilines is 1. The highest BCUT2D eigenvalue weighted by Gasteiger charge is 2.18. The van der Waals surface area contributed by atoms with E-state index in [1.165, 1.54) is 23.5 Å². The Morgan fingerprint density at radius 2 is 2.28 bits per heavy atom. The first-order valence-electron chi connectivity index (χ1n) is 5.04. The van der Waals surface area contributed by atoms with Crippen molar-refractivity contribution in [3.05, 3.63) is 51.0 Å². The third-order valence-corrected chi connectivity index (χ3v) is 3.09. The molecule has 0 aliphatic heterocycles. The number of hydrogen-bond donors (Lipinski definition) is 1. The number of rotatable bonds is 3. The van der Waals surface area contributed by atoms with Crippen molar-refractivity contribution in [1.29, 1.82) is 0 Å². The molecular weight excluding hydrogens is 254 g/mol. The van der Waals surface area contributed by atoms with Crippen LogP contribution in [0.2, 0.25) is 0 Å². The fourth-order valence-corrected chi connectivity index (χ4v) is 2.04. The zero-order valence-electron chi connectivity index (χ0n) is 9.41. The highest BCUT2D eigenvalue weighted by atomic mass is 32.1. The number of nitrogens with zero attached hydrogens (tertiary/aromatic N) is 2. The number of amides is 1. The van der Waals surface area contributed by atoms with Crippen LogP contribution in [0.1, 0.15) is 15.9 Å². The lowest BCUT2D eigenvalue weighted by atomic mass is 10.1. The van der Waals surface area contributed by atoms with Crippen LogP contribution >= 0.6 is 11.3 Å². The first-order valence-corrected chi connectivity index (χ1v) is 5.92. The van der Waals surface area contributed by atoms with E-state index in [1.807, 2.05) is 0 Å². The van der Waals surface area contributed by atoms with Crippen molar-refractivity contribution in [2.24, 2.45) is 0 Å². The fourth-order valence-electron chi connectivity index (χ4n) is 1.52. The van der Waals surface area contributed by atoms with Gasteiger partial charge >= 0.3 is 0 Å². The van der Waals surface area contributed by atoms with Crippen LogP contribution < -0.4 is 5.32 Å². The van der Waals surface area contributed by atoms with E-state index >= 15 is 0 Å². The van der Waals surface area contributed by atoms with E-state index < -0.39 is 10.8 Å². The highest BCUT2D eigenvalue weighted by molar-refractivity contribution is 7.13. The summed E-state index contributed by atoms with van der Waals surface area (Å²) in [7, 11) is 0. The minimum Gasteiger partial charge on any atom is -0.298 e. The Morgan fingerprint density at radius 3 is 2.89 bits per heavy atom. The van der Waals surface area contributed by atoms with Crippen LogP contribution in [0.4, 0.5) is 10.8 Å². The third-order valence-electron chi connectivity index (χ3n) is 2.40. The normalized spacial score (nSPS) is 10.1. The van der Waals surface area contributed by atoms with E-state index in [0.717, 1.165) is 0 Å². The molecule has 1 aromatic heterocycles. The molecule has 2 rings (SSSR count). The van der Waals surface area contributed by atoms with Gasteiger partial charge in [-0.05, 0) is 13.0 Å². The molecule has 0 aliphatic rings. The lowest BCUT2D eigenvalue weighted by Gasteiger charge is -2.05. The minimum atomic E-state index is -0.504. The summed E-state index contributed by atoms with van der Waals surface area (Å²) >= 11 is 1.29. The summed E-state index contributed by atoms with van der Waals surface area (Å²) in [5.41, 5.74) is 0.553. The Morgan fingerprint density at radius 1 is 1.50 bits per heavy atom. The quantitative estimate of drug-likeness (QED) is 0.681. The second-order valence-corrected chi connectivity index (χ2v) is 4.39. The van der Waals surface area contributed by atoms with E-state index in [0.29, 0.717) is 10.7 Å². The van der Waals surface area contributed by atoms with Gasteiger partial charge in [0, 0.05) is 28.8 Å². The lowest BCUT2D eigenvalue weighted by molar-refractivity contribution is -0.385. The fraction of sp³-hybridized carbons (Fsp3) is 0.0909. The van der Waals surface area contributed by atoms with E-state index in [2.05, 4.69) is 10.3 Å². The number of nitro groups is 1. The van der Waals surface area contributed by atoms with Crippen LogP contribution in [0, 0.1) is 17.0 Å². The number of benzene rings is 1. The Balaban J connectivity index is 2.31. The molecule has 0 saturated heterocycles. The van der Waals surface area contributed by atoms with E-state index in [1.54, 1.807) is 24.6 Å². The van der Waals surface area contributed by atoms with Crippen LogP contribution in [0.15, 0.2) is 29.8 Å². The van der Waals surface area contributed by atoms with Crippen molar-refractivity contribution in [3.8, 4) is 0 Å². The van der Waals surface area contributed by atoms with Crippen LogP contribution in [-0.4, -0.2) is 15.8 Å². The molecular formula is C11H9N3O3S. The maximum atomic E-state index is 11.9. The molecule has 0 aliphatic carbocycles. The molecule has 0 atom stereocenters. The van der Waals surface area contributed by atoms with Crippen LogP contribution in [0.3, 0.4) is 0 Å². The molecule has 2 aromatic rings. The zero-order chi connectivity index (χ0) is 13.1. The van der Waals surface area contributed by atoms with Gasteiger partial charge in [-0.15, -0.1) is 11.3 Å². The topological polar surface area (TPSA) is 85.1 Å². The Hall–Kier alpha value is -2.28. The van der Waals surface area contributed by atoms with Gasteiger partial charge < -0.3 is 0 Å². The summed E-state index contributed by atoms with van der Waals surface area (Å²) in [6, 6.07) is 4.41. The summed E-state index contributed by atoms with van der Waals surface area (Å²) in [5, 5.41) is 15.6. The molecule has 0 saturated carbocycles. The second-order valence-electron chi connectivity index (χ2n) is 3.50. The van der Waals surface area contributed by atoms with Crippen LogP contribution in [0.25, 0.3) is 0 Å². The highest BCUT2D eigenvalue weighted by Crippen LogP contribution is 2.22. The van der Waals surface area contributed by atoms with E-state index in [9.17, 15) is 14.9 Å². The number of carbonyl (C=O) groups is 1. The third kappa shape index (κ3) is 2.35. The maximum absolute atomic E-state index is 11.9. The van der Waals surface area contributed by atoms with Crippen molar-refractivity contribution < 1.29 is 9.72 Å². The predicted molar refractivity (Wildman–Crippen MR) is 67.9 cm³/mol. The van der Waals surface area contributed by atoms with Gasteiger partial charge in [-0.2, -0.15) is 0 Å². The van der Waals surface area contributed by atoms with Gasteiger partial charge in [-0.1, -0.05) is 6.07 Å². The zero-order valence-corrected chi connectivity index (χ0v) is 10.2. The van der Waals surface area contributed by atoms with Crippen molar-refractivity contribution in [2.75, 3.05) is 5.32 Å². The van der Waals surface area contributed by atoms with Crippen LogP contribution in [0.5, 0.6) is 0 Å². The molecule has 0 radical (unpaired) electrons. The van der Waals surface area contributed by atoms with Gasteiger partial charge in [0.25, 0.3) is 11.6 Å². The number of nitrogens with one attached hydrogen (secondary N) is 1. The van der Waals surface area contributed by atoms with Crippen molar-refractivity contribution in [3.63, 3.8) is 0 Å². The molecule has 1 aromatic carbocycles. The molecule has 6 nitrogen and oxygen atoms in total. The lowest BCUT2D eigenvalue weighted by Crippen LogP contribution is -2.13. The molecule has 1 amide bonds. The number of carbonyl (C=O) groups excluding carboxylic acids is 1. The van der Waals surface area contributed by atoms with Gasteiger partial charge in [0.2, 0.25) is 0 Å². The number of thiazole rings is 1. The molecule has 18 heavy (non-hydrogen) atoms.